The molecule has 0 unspecified atom stereocenters. The summed E-state index contributed by atoms with van der Waals surface area (Å²) in [5.74, 6) is -0.299. The van der Waals surface area contributed by atoms with Gasteiger partial charge < -0.3 is 16.0 Å². The predicted octanol–water partition coefficient (Wildman–Crippen LogP) is 1.67. The highest BCUT2D eigenvalue weighted by atomic mass is 16.2. The molecule has 0 saturated carbocycles. The molecular formula is C18H28N4O2. The Hall–Kier alpha value is -2.08. The van der Waals surface area contributed by atoms with Crippen molar-refractivity contribution in [2.75, 3.05) is 42.9 Å². The van der Waals surface area contributed by atoms with E-state index in [9.17, 15) is 9.59 Å². The molecule has 1 aromatic rings. The molecule has 0 aromatic heterocycles. The maximum absolute atomic E-state index is 12.2. The highest BCUT2D eigenvalue weighted by Crippen LogP contribution is 2.19. The first-order valence-electron chi connectivity index (χ1n) is 8.70. The summed E-state index contributed by atoms with van der Waals surface area (Å²) in [5, 5.41) is 2.93. The van der Waals surface area contributed by atoms with Crippen molar-refractivity contribution in [2.24, 2.45) is 11.7 Å². The molecule has 0 aliphatic carbocycles. The monoisotopic (exact) mass is 332 g/mol. The molecule has 1 aliphatic heterocycles. The lowest BCUT2D eigenvalue weighted by Gasteiger charge is -2.29. The van der Waals surface area contributed by atoms with E-state index in [4.69, 9.17) is 5.73 Å². The van der Waals surface area contributed by atoms with E-state index in [1.807, 2.05) is 24.3 Å². The van der Waals surface area contributed by atoms with Gasteiger partial charge in [0.25, 0.3) is 0 Å². The van der Waals surface area contributed by atoms with E-state index in [0.29, 0.717) is 6.54 Å². The number of rotatable bonds is 7. The molecule has 1 aromatic carbocycles. The zero-order chi connectivity index (χ0) is 17.5. The van der Waals surface area contributed by atoms with Crippen LogP contribution in [0.3, 0.4) is 0 Å². The number of carbonyl (C=O) groups excluding carboxylic acids is 2. The van der Waals surface area contributed by atoms with E-state index in [1.54, 1.807) is 0 Å². The normalized spacial score (nSPS) is 15.9. The van der Waals surface area contributed by atoms with Crippen LogP contribution in [0, 0.1) is 5.92 Å². The number of primary amides is 1. The SMILES string of the molecule is CCN(CC)c1ccc(NC(=O)CN2CCC(C(N)=O)CC2)cc1. The van der Waals surface area contributed by atoms with Crippen LogP contribution >= 0.6 is 0 Å². The topological polar surface area (TPSA) is 78.7 Å². The maximum Gasteiger partial charge on any atom is 0.238 e. The molecule has 6 heteroatoms. The molecule has 0 spiro atoms. The number of hydrogen-bond acceptors (Lipinski definition) is 4. The Kier molecular flexibility index (Phi) is 6.61. The quantitative estimate of drug-likeness (QED) is 0.796. The van der Waals surface area contributed by atoms with Gasteiger partial charge in [0.15, 0.2) is 0 Å². The van der Waals surface area contributed by atoms with E-state index >= 15 is 0 Å². The number of piperidine rings is 1. The first-order valence-corrected chi connectivity index (χ1v) is 8.70. The number of carbonyl (C=O) groups is 2. The first-order chi connectivity index (χ1) is 11.5. The minimum absolute atomic E-state index is 0.0249. The van der Waals surface area contributed by atoms with Gasteiger partial charge in [-0.2, -0.15) is 0 Å². The first kappa shape index (κ1) is 18.3. The van der Waals surface area contributed by atoms with E-state index in [2.05, 4.69) is 29.0 Å². The summed E-state index contributed by atoms with van der Waals surface area (Å²) in [4.78, 5) is 27.7. The van der Waals surface area contributed by atoms with Crippen molar-refractivity contribution < 1.29 is 9.59 Å². The molecular weight excluding hydrogens is 304 g/mol. The molecule has 1 heterocycles. The molecule has 1 saturated heterocycles. The molecule has 1 fully saturated rings. The Morgan fingerprint density at radius 2 is 1.75 bits per heavy atom. The van der Waals surface area contributed by atoms with Crippen LogP contribution < -0.4 is 16.0 Å². The summed E-state index contributed by atoms with van der Waals surface area (Å²) < 4.78 is 0. The maximum atomic E-state index is 12.2. The Morgan fingerprint density at radius 1 is 1.17 bits per heavy atom. The lowest BCUT2D eigenvalue weighted by molar-refractivity contribution is -0.123. The van der Waals surface area contributed by atoms with Gasteiger partial charge in [0, 0.05) is 30.4 Å². The minimum Gasteiger partial charge on any atom is -0.372 e. The second-order valence-electron chi connectivity index (χ2n) is 6.22. The van der Waals surface area contributed by atoms with E-state index in [-0.39, 0.29) is 17.7 Å². The van der Waals surface area contributed by atoms with E-state index in [0.717, 1.165) is 50.4 Å². The predicted molar refractivity (Wildman–Crippen MR) is 97.0 cm³/mol. The fourth-order valence-electron chi connectivity index (χ4n) is 3.12. The Morgan fingerprint density at radius 3 is 2.25 bits per heavy atom. The van der Waals surface area contributed by atoms with Crippen molar-refractivity contribution in [1.29, 1.82) is 0 Å². The third kappa shape index (κ3) is 4.96. The Balaban J connectivity index is 1.81. The summed E-state index contributed by atoms with van der Waals surface area (Å²) in [6.45, 7) is 8.00. The van der Waals surface area contributed by atoms with Gasteiger partial charge in [0.1, 0.15) is 0 Å². The van der Waals surface area contributed by atoms with Crippen molar-refractivity contribution in [3.63, 3.8) is 0 Å². The van der Waals surface area contributed by atoms with Gasteiger partial charge in [0.2, 0.25) is 11.8 Å². The van der Waals surface area contributed by atoms with Crippen molar-refractivity contribution in [1.82, 2.24) is 4.90 Å². The van der Waals surface area contributed by atoms with Crippen LogP contribution in [-0.4, -0.2) is 49.4 Å². The largest absolute Gasteiger partial charge is 0.372 e. The van der Waals surface area contributed by atoms with Crippen LogP contribution in [-0.2, 0) is 9.59 Å². The van der Waals surface area contributed by atoms with Gasteiger partial charge in [-0.1, -0.05) is 0 Å². The second-order valence-corrected chi connectivity index (χ2v) is 6.22. The average Bonchev–Trinajstić information content (AvgIpc) is 2.58. The number of hydrogen-bond donors (Lipinski definition) is 2. The second kappa shape index (κ2) is 8.68. The van der Waals surface area contributed by atoms with Crippen molar-refractivity contribution >= 4 is 23.2 Å². The molecule has 0 bridgehead atoms. The third-order valence-corrected chi connectivity index (χ3v) is 4.64. The fraction of sp³-hybridized carbons (Fsp3) is 0.556. The zero-order valence-electron chi connectivity index (χ0n) is 14.6. The van der Waals surface area contributed by atoms with Crippen molar-refractivity contribution in [3.05, 3.63) is 24.3 Å². The number of amides is 2. The fourth-order valence-corrected chi connectivity index (χ4v) is 3.12. The number of likely N-dealkylation sites (tertiary alicyclic amines) is 1. The van der Waals surface area contributed by atoms with Crippen molar-refractivity contribution in [3.8, 4) is 0 Å². The van der Waals surface area contributed by atoms with Crippen LogP contribution in [0.2, 0.25) is 0 Å². The van der Waals surface area contributed by atoms with E-state index in [1.165, 1.54) is 0 Å². The number of nitrogens with one attached hydrogen (secondary N) is 1. The molecule has 3 N–H and O–H groups in total. The third-order valence-electron chi connectivity index (χ3n) is 4.64. The van der Waals surface area contributed by atoms with Gasteiger partial charge in [0.05, 0.1) is 6.54 Å². The van der Waals surface area contributed by atoms with Gasteiger partial charge in [-0.15, -0.1) is 0 Å². The Bertz CT molecular complexity index is 547. The molecule has 2 rings (SSSR count). The van der Waals surface area contributed by atoms with Crippen molar-refractivity contribution in [2.45, 2.75) is 26.7 Å². The van der Waals surface area contributed by atoms with Gasteiger partial charge >= 0.3 is 0 Å². The molecule has 6 nitrogen and oxygen atoms in total. The number of benzene rings is 1. The minimum atomic E-state index is -0.229. The molecule has 2 amide bonds. The summed E-state index contributed by atoms with van der Waals surface area (Å²) >= 11 is 0. The van der Waals surface area contributed by atoms with Crippen LogP contribution in [0.25, 0.3) is 0 Å². The summed E-state index contributed by atoms with van der Waals surface area (Å²) in [7, 11) is 0. The lowest BCUT2D eigenvalue weighted by Crippen LogP contribution is -2.42. The highest BCUT2D eigenvalue weighted by Gasteiger charge is 2.24. The lowest BCUT2D eigenvalue weighted by atomic mass is 9.96. The highest BCUT2D eigenvalue weighted by molar-refractivity contribution is 5.92. The molecule has 132 valence electrons. The number of nitrogens with two attached hydrogens (primary N) is 1. The standard InChI is InChI=1S/C18H28N4O2/c1-3-22(4-2)16-7-5-15(6-8-16)20-17(23)13-21-11-9-14(10-12-21)18(19)24/h5-8,14H,3-4,9-13H2,1-2H3,(H2,19,24)(H,20,23). The molecule has 1 aliphatic rings. The average molecular weight is 332 g/mol. The summed E-state index contributed by atoms with van der Waals surface area (Å²) in [6, 6.07) is 7.93. The molecule has 0 atom stereocenters. The van der Waals surface area contributed by atoms with Crippen LogP contribution in [0.1, 0.15) is 26.7 Å². The smallest absolute Gasteiger partial charge is 0.238 e. The van der Waals surface area contributed by atoms with Gasteiger partial charge in [-0.05, 0) is 64.0 Å². The summed E-state index contributed by atoms with van der Waals surface area (Å²) in [5.41, 5.74) is 7.30. The van der Waals surface area contributed by atoms with Crippen LogP contribution in [0.15, 0.2) is 24.3 Å². The van der Waals surface area contributed by atoms with Gasteiger partial charge in [-0.3, -0.25) is 14.5 Å². The number of anilines is 2. The molecule has 0 radical (unpaired) electrons. The van der Waals surface area contributed by atoms with Gasteiger partial charge in [-0.25, -0.2) is 0 Å². The zero-order valence-corrected chi connectivity index (χ0v) is 14.6. The van der Waals surface area contributed by atoms with Crippen LogP contribution in [0.5, 0.6) is 0 Å². The van der Waals surface area contributed by atoms with Crippen LogP contribution in [0.4, 0.5) is 11.4 Å². The summed E-state index contributed by atoms with van der Waals surface area (Å²) in [6.07, 6.45) is 1.47. The van der Waals surface area contributed by atoms with E-state index < -0.39 is 0 Å². The Labute approximate surface area is 144 Å². The molecule has 24 heavy (non-hydrogen) atoms. The number of nitrogens with zero attached hydrogens (tertiary/aromatic N) is 2.